The van der Waals surface area contributed by atoms with Gasteiger partial charge in [-0.2, -0.15) is 0 Å². The van der Waals surface area contributed by atoms with Gasteiger partial charge in [-0.3, -0.25) is 0 Å². The summed E-state index contributed by atoms with van der Waals surface area (Å²) in [6.07, 6.45) is 7.79. The van der Waals surface area contributed by atoms with Crippen LogP contribution in [-0.2, 0) is 6.42 Å². The molecule has 1 heterocycles. The van der Waals surface area contributed by atoms with E-state index in [1.54, 1.807) is 6.20 Å². The predicted octanol–water partition coefficient (Wildman–Crippen LogP) is 1.72. The monoisotopic (exact) mass is 205 g/mol. The average Bonchev–Trinajstić information content (AvgIpc) is 3.00. The van der Waals surface area contributed by atoms with Gasteiger partial charge in [-0.1, -0.05) is 0 Å². The first-order valence-corrected chi connectivity index (χ1v) is 5.71. The first kappa shape index (κ1) is 10.4. The van der Waals surface area contributed by atoms with Gasteiger partial charge in [0.15, 0.2) is 0 Å². The second-order valence-electron chi connectivity index (χ2n) is 4.48. The summed E-state index contributed by atoms with van der Waals surface area (Å²) < 4.78 is 0. The first-order valence-electron chi connectivity index (χ1n) is 5.71. The number of hydrogen-bond donors (Lipinski definition) is 2. The highest BCUT2D eigenvalue weighted by Gasteiger charge is 2.27. The van der Waals surface area contributed by atoms with E-state index in [9.17, 15) is 0 Å². The molecule has 3 nitrogen and oxygen atoms in total. The number of rotatable bonds is 5. The molecule has 0 saturated heterocycles. The molecule has 1 aliphatic rings. The Kier molecular flexibility index (Phi) is 3.21. The fourth-order valence-corrected chi connectivity index (χ4v) is 1.95. The summed E-state index contributed by atoms with van der Waals surface area (Å²) in [5.41, 5.74) is 12.9. The van der Waals surface area contributed by atoms with Crippen molar-refractivity contribution in [3.05, 3.63) is 23.9 Å². The molecule has 1 saturated carbocycles. The molecule has 0 spiro atoms. The van der Waals surface area contributed by atoms with Crippen LogP contribution in [-0.4, -0.2) is 11.0 Å². The standard InChI is InChI=1S/C12H19N3/c13-11(10-4-5-10)3-1-2-9-6-7-15-12(14)8-9/h6-8,10-11H,1-5,13H2,(H2,14,15). The van der Waals surface area contributed by atoms with Crippen LogP contribution >= 0.6 is 0 Å². The van der Waals surface area contributed by atoms with Crippen LogP contribution in [0.2, 0.25) is 0 Å². The number of nitrogens with zero attached hydrogens (tertiary/aromatic N) is 1. The van der Waals surface area contributed by atoms with Crippen molar-refractivity contribution in [1.82, 2.24) is 4.98 Å². The van der Waals surface area contributed by atoms with Crippen LogP contribution in [0.1, 0.15) is 31.2 Å². The zero-order chi connectivity index (χ0) is 10.7. The Labute approximate surface area is 90.9 Å². The minimum Gasteiger partial charge on any atom is -0.384 e. The fraction of sp³-hybridized carbons (Fsp3) is 0.583. The Morgan fingerprint density at radius 3 is 2.93 bits per heavy atom. The molecule has 1 atom stereocenters. The second-order valence-corrected chi connectivity index (χ2v) is 4.48. The quantitative estimate of drug-likeness (QED) is 0.769. The van der Waals surface area contributed by atoms with E-state index in [0.29, 0.717) is 11.9 Å². The number of nitrogen functional groups attached to an aromatic ring is 1. The second kappa shape index (κ2) is 4.62. The number of aromatic nitrogens is 1. The SMILES string of the molecule is Nc1cc(CCCC(N)C2CC2)ccn1. The van der Waals surface area contributed by atoms with Crippen molar-refractivity contribution >= 4 is 5.82 Å². The van der Waals surface area contributed by atoms with Crippen molar-refractivity contribution in [2.75, 3.05) is 5.73 Å². The summed E-state index contributed by atoms with van der Waals surface area (Å²) in [4.78, 5) is 3.97. The minimum absolute atomic E-state index is 0.421. The van der Waals surface area contributed by atoms with Crippen molar-refractivity contribution in [2.24, 2.45) is 11.7 Å². The molecule has 15 heavy (non-hydrogen) atoms. The summed E-state index contributed by atoms with van der Waals surface area (Å²) in [5, 5.41) is 0. The maximum Gasteiger partial charge on any atom is 0.123 e. The van der Waals surface area contributed by atoms with Gasteiger partial charge in [0.1, 0.15) is 5.82 Å². The van der Waals surface area contributed by atoms with Gasteiger partial charge in [-0.05, 0) is 55.7 Å². The number of anilines is 1. The van der Waals surface area contributed by atoms with Gasteiger partial charge in [0, 0.05) is 12.2 Å². The van der Waals surface area contributed by atoms with Gasteiger partial charge in [0.2, 0.25) is 0 Å². The number of nitrogens with two attached hydrogens (primary N) is 2. The Hall–Kier alpha value is -1.09. The third kappa shape index (κ3) is 3.20. The summed E-state index contributed by atoms with van der Waals surface area (Å²) in [5.74, 6) is 1.42. The molecule has 1 fully saturated rings. The Bertz CT molecular complexity index is 320. The maximum absolute atomic E-state index is 6.04. The van der Waals surface area contributed by atoms with Crippen LogP contribution in [0.5, 0.6) is 0 Å². The smallest absolute Gasteiger partial charge is 0.123 e. The topological polar surface area (TPSA) is 64.9 Å². The maximum atomic E-state index is 6.04. The molecule has 3 heteroatoms. The lowest BCUT2D eigenvalue weighted by atomic mass is 10.0. The third-order valence-corrected chi connectivity index (χ3v) is 3.08. The molecule has 0 amide bonds. The van der Waals surface area contributed by atoms with E-state index in [2.05, 4.69) is 4.98 Å². The van der Waals surface area contributed by atoms with Crippen LogP contribution in [0, 0.1) is 5.92 Å². The van der Waals surface area contributed by atoms with Crippen LogP contribution in [0.25, 0.3) is 0 Å². The van der Waals surface area contributed by atoms with Crippen LogP contribution in [0.3, 0.4) is 0 Å². The van der Waals surface area contributed by atoms with E-state index in [-0.39, 0.29) is 0 Å². The van der Waals surface area contributed by atoms with Gasteiger partial charge in [-0.25, -0.2) is 4.98 Å². The van der Waals surface area contributed by atoms with E-state index in [4.69, 9.17) is 11.5 Å². The molecule has 1 aliphatic carbocycles. The molecular weight excluding hydrogens is 186 g/mol. The van der Waals surface area contributed by atoms with Crippen molar-refractivity contribution in [3.8, 4) is 0 Å². The summed E-state index contributed by atoms with van der Waals surface area (Å²) in [6, 6.07) is 4.39. The Morgan fingerprint density at radius 1 is 1.47 bits per heavy atom. The summed E-state index contributed by atoms with van der Waals surface area (Å²) in [6.45, 7) is 0. The van der Waals surface area contributed by atoms with E-state index in [0.717, 1.165) is 25.2 Å². The highest BCUT2D eigenvalue weighted by molar-refractivity contribution is 5.31. The zero-order valence-electron chi connectivity index (χ0n) is 9.02. The number of pyridine rings is 1. The molecule has 0 radical (unpaired) electrons. The lowest BCUT2D eigenvalue weighted by molar-refractivity contribution is 0.528. The Morgan fingerprint density at radius 2 is 2.27 bits per heavy atom. The average molecular weight is 205 g/mol. The highest BCUT2D eigenvalue weighted by atomic mass is 14.8. The molecule has 1 aromatic rings. The zero-order valence-corrected chi connectivity index (χ0v) is 9.02. The molecule has 82 valence electrons. The lowest BCUT2D eigenvalue weighted by Gasteiger charge is -2.09. The van der Waals surface area contributed by atoms with Crippen LogP contribution in [0.15, 0.2) is 18.3 Å². The molecule has 1 unspecified atom stereocenters. The summed E-state index contributed by atoms with van der Waals surface area (Å²) in [7, 11) is 0. The lowest BCUT2D eigenvalue weighted by Crippen LogP contribution is -2.22. The van der Waals surface area contributed by atoms with Crippen LogP contribution in [0.4, 0.5) is 5.82 Å². The molecule has 0 aliphatic heterocycles. The normalized spacial score (nSPS) is 17.7. The van der Waals surface area contributed by atoms with Gasteiger partial charge >= 0.3 is 0 Å². The summed E-state index contributed by atoms with van der Waals surface area (Å²) >= 11 is 0. The van der Waals surface area contributed by atoms with E-state index in [1.165, 1.54) is 18.4 Å². The van der Waals surface area contributed by atoms with E-state index >= 15 is 0 Å². The molecule has 2 rings (SSSR count). The van der Waals surface area contributed by atoms with E-state index in [1.807, 2.05) is 12.1 Å². The molecular formula is C12H19N3. The number of hydrogen-bond acceptors (Lipinski definition) is 3. The highest BCUT2D eigenvalue weighted by Crippen LogP contribution is 2.33. The van der Waals surface area contributed by atoms with Gasteiger partial charge < -0.3 is 11.5 Å². The fourth-order valence-electron chi connectivity index (χ4n) is 1.95. The molecule has 4 N–H and O–H groups in total. The van der Waals surface area contributed by atoms with Crippen molar-refractivity contribution < 1.29 is 0 Å². The Balaban J connectivity index is 1.73. The third-order valence-electron chi connectivity index (χ3n) is 3.08. The largest absolute Gasteiger partial charge is 0.384 e. The van der Waals surface area contributed by atoms with Crippen molar-refractivity contribution in [3.63, 3.8) is 0 Å². The predicted molar refractivity (Wildman–Crippen MR) is 62.3 cm³/mol. The first-order chi connectivity index (χ1) is 7.25. The van der Waals surface area contributed by atoms with Crippen LogP contribution < -0.4 is 11.5 Å². The molecule has 1 aromatic heterocycles. The molecule has 0 bridgehead atoms. The van der Waals surface area contributed by atoms with Gasteiger partial charge in [-0.15, -0.1) is 0 Å². The van der Waals surface area contributed by atoms with Crippen molar-refractivity contribution in [2.45, 2.75) is 38.1 Å². The van der Waals surface area contributed by atoms with Gasteiger partial charge in [0.05, 0.1) is 0 Å². The van der Waals surface area contributed by atoms with E-state index < -0.39 is 0 Å². The number of aryl methyl sites for hydroxylation is 1. The van der Waals surface area contributed by atoms with Crippen molar-refractivity contribution in [1.29, 1.82) is 0 Å². The van der Waals surface area contributed by atoms with Gasteiger partial charge in [0.25, 0.3) is 0 Å². The minimum atomic E-state index is 0.421. The molecule has 0 aromatic carbocycles.